The van der Waals surface area contributed by atoms with E-state index in [2.05, 4.69) is 10.5 Å². The lowest BCUT2D eigenvalue weighted by atomic mass is 10.1. The van der Waals surface area contributed by atoms with Gasteiger partial charge in [0.05, 0.1) is 20.4 Å². The molecule has 0 saturated heterocycles. The maximum atomic E-state index is 12.2. The van der Waals surface area contributed by atoms with Crippen molar-refractivity contribution >= 4 is 12.1 Å². The predicted molar refractivity (Wildman–Crippen MR) is 91.5 cm³/mol. The Bertz CT molecular complexity index is 701. The quantitative estimate of drug-likeness (QED) is 0.626. The normalized spacial score (nSPS) is 12.0. The van der Waals surface area contributed by atoms with E-state index in [1.54, 1.807) is 32.4 Å². The summed E-state index contributed by atoms with van der Waals surface area (Å²) < 4.78 is 15.7. The number of ether oxygens (including phenoxy) is 3. The Hall–Kier alpha value is -2.86. The number of methoxy groups -OCH3 is 3. The molecule has 0 aromatic heterocycles. The summed E-state index contributed by atoms with van der Waals surface area (Å²) in [4.78, 5) is 12.2. The molecule has 0 heterocycles. The molecule has 0 radical (unpaired) electrons. The number of hydrazone groups is 1. The summed E-state index contributed by atoms with van der Waals surface area (Å²) in [6.07, 6.45) is 0.787. The van der Waals surface area contributed by atoms with Crippen molar-refractivity contribution in [3.05, 3.63) is 59.7 Å². The number of hydrogen-bond acceptors (Lipinski definition) is 5. The molecule has 2 aromatic carbocycles. The van der Waals surface area contributed by atoms with Crippen LogP contribution >= 0.6 is 0 Å². The fourth-order valence-electron chi connectivity index (χ4n) is 2.17. The highest BCUT2D eigenvalue weighted by atomic mass is 16.5. The monoisotopic (exact) mass is 328 g/mol. The lowest BCUT2D eigenvalue weighted by Crippen LogP contribution is -2.26. The van der Waals surface area contributed by atoms with Crippen LogP contribution in [0.2, 0.25) is 0 Å². The molecule has 24 heavy (non-hydrogen) atoms. The summed E-state index contributed by atoms with van der Waals surface area (Å²) >= 11 is 0. The maximum absolute atomic E-state index is 12.2. The van der Waals surface area contributed by atoms with Gasteiger partial charge in [0.2, 0.25) is 0 Å². The smallest absolute Gasteiger partial charge is 0.273 e. The van der Waals surface area contributed by atoms with Crippen molar-refractivity contribution < 1.29 is 19.0 Å². The Morgan fingerprint density at radius 1 is 1.08 bits per heavy atom. The number of amides is 1. The number of carbonyl (C=O) groups is 1. The maximum Gasteiger partial charge on any atom is 0.273 e. The number of benzene rings is 2. The van der Waals surface area contributed by atoms with Crippen molar-refractivity contribution in [3.63, 3.8) is 0 Å². The number of nitrogens with one attached hydrogen (secondary N) is 1. The molecule has 6 nitrogen and oxygen atoms in total. The van der Waals surface area contributed by atoms with Crippen LogP contribution in [0.1, 0.15) is 17.2 Å². The van der Waals surface area contributed by atoms with E-state index in [1.165, 1.54) is 13.3 Å². The molecule has 0 aliphatic heterocycles. The van der Waals surface area contributed by atoms with Crippen LogP contribution in [0.5, 0.6) is 11.5 Å². The van der Waals surface area contributed by atoms with Crippen LogP contribution in [0, 0.1) is 0 Å². The van der Waals surface area contributed by atoms with Gasteiger partial charge in [-0.2, -0.15) is 5.10 Å². The van der Waals surface area contributed by atoms with Gasteiger partial charge in [-0.05, 0) is 17.7 Å². The Balaban J connectivity index is 2.06. The molecule has 0 aliphatic rings. The van der Waals surface area contributed by atoms with Gasteiger partial charge in [0.15, 0.2) is 6.10 Å². The second kappa shape index (κ2) is 8.69. The van der Waals surface area contributed by atoms with Gasteiger partial charge in [0.1, 0.15) is 11.5 Å². The van der Waals surface area contributed by atoms with E-state index in [0.29, 0.717) is 17.1 Å². The Morgan fingerprint density at radius 2 is 1.83 bits per heavy atom. The second-order valence-corrected chi connectivity index (χ2v) is 4.87. The van der Waals surface area contributed by atoms with Crippen LogP contribution in [0.15, 0.2) is 53.6 Å². The molecule has 1 atom stereocenters. The Morgan fingerprint density at radius 3 is 2.46 bits per heavy atom. The van der Waals surface area contributed by atoms with Crippen LogP contribution in [0.25, 0.3) is 0 Å². The van der Waals surface area contributed by atoms with Crippen molar-refractivity contribution in [2.45, 2.75) is 6.10 Å². The first kappa shape index (κ1) is 17.5. The van der Waals surface area contributed by atoms with E-state index in [-0.39, 0.29) is 5.91 Å². The van der Waals surface area contributed by atoms with Crippen molar-refractivity contribution in [2.75, 3.05) is 21.3 Å². The van der Waals surface area contributed by atoms with Crippen molar-refractivity contribution in [2.24, 2.45) is 5.10 Å². The third-order valence-corrected chi connectivity index (χ3v) is 3.40. The Kier molecular flexibility index (Phi) is 6.33. The fourth-order valence-corrected chi connectivity index (χ4v) is 2.17. The summed E-state index contributed by atoms with van der Waals surface area (Å²) in [7, 11) is 4.62. The van der Waals surface area contributed by atoms with Crippen molar-refractivity contribution in [1.29, 1.82) is 0 Å². The van der Waals surface area contributed by atoms with E-state index in [4.69, 9.17) is 14.2 Å². The first-order chi connectivity index (χ1) is 11.7. The summed E-state index contributed by atoms with van der Waals surface area (Å²) in [5.74, 6) is 0.919. The zero-order valence-corrected chi connectivity index (χ0v) is 13.9. The van der Waals surface area contributed by atoms with Gasteiger partial charge in [0.25, 0.3) is 5.91 Å². The van der Waals surface area contributed by atoms with Gasteiger partial charge in [-0.3, -0.25) is 4.79 Å². The molecule has 6 heteroatoms. The lowest BCUT2D eigenvalue weighted by Gasteiger charge is -2.13. The number of nitrogens with zero attached hydrogens (tertiary/aromatic N) is 1. The molecule has 0 saturated carbocycles. The molecule has 2 aromatic rings. The highest BCUT2D eigenvalue weighted by Crippen LogP contribution is 2.23. The molecule has 0 aliphatic carbocycles. The SMILES string of the molecule is COc1ccc(/C=N\NC(=O)[C@@H](OC)c2ccccc2)c(OC)c1. The number of hydrogen-bond donors (Lipinski definition) is 1. The number of rotatable bonds is 7. The van der Waals surface area contributed by atoms with Crippen LogP contribution < -0.4 is 14.9 Å². The largest absolute Gasteiger partial charge is 0.497 e. The minimum Gasteiger partial charge on any atom is -0.497 e. The minimum absolute atomic E-state index is 0.354. The van der Waals surface area contributed by atoms with Gasteiger partial charge >= 0.3 is 0 Å². The van der Waals surface area contributed by atoms with Gasteiger partial charge in [-0.15, -0.1) is 0 Å². The van der Waals surface area contributed by atoms with Gasteiger partial charge in [-0.1, -0.05) is 30.3 Å². The zero-order valence-electron chi connectivity index (χ0n) is 13.9. The van der Waals surface area contributed by atoms with Crippen LogP contribution in [0.3, 0.4) is 0 Å². The third-order valence-electron chi connectivity index (χ3n) is 3.40. The Labute approximate surface area is 141 Å². The molecule has 1 N–H and O–H groups in total. The van der Waals surface area contributed by atoms with E-state index >= 15 is 0 Å². The standard InChI is InChI=1S/C18H20N2O4/c1-22-15-10-9-14(16(11-15)23-2)12-19-20-18(21)17(24-3)13-7-5-4-6-8-13/h4-12,17H,1-3H3,(H,20,21)/b19-12-/t17-/m0/s1. The average Bonchev–Trinajstić information content (AvgIpc) is 2.63. The predicted octanol–water partition coefficient (Wildman–Crippen LogP) is 2.54. The molecule has 0 fully saturated rings. The van der Waals surface area contributed by atoms with Gasteiger partial charge in [0, 0.05) is 18.7 Å². The summed E-state index contributed by atoms with van der Waals surface area (Å²) in [5.41, 5.74) is 3.95. The molecule has 126 valence electrons. The second-order valence-electron chi connectivity index (χ2n) is 4.87. The lowest BCUT2D eigenvalue weighted by molar-refractivity contribution is -0.131. The summed E-state index contributed by atoms with van der Waals surface area (Å²) in [5, 5.41) is 3.97. The van der Waals surface area contributed by atoms with Crippen LogP contribution in [-0.2, 0) is 9.53 Å². The highest BCUT2D eigenvalue weighted by molar-refractivity contribution is 5.87. The molecular formula is C18H20N2O4. The summed E-state index contributed by atoms with van der Waals surface area (Å²) in [6.45, 7) is 0. The van der Waals surface area contributed by atoms with E-state index in [1.807, 2.05) is 30.3 Å². The molecule has 2 rings (SSSR count). The number of carbonyl (C=O) groups excluding carboxylic acids is 1. The van der Waals surface area contributed by atoms with Gasteiger partial charge in [-0.25, -0.2) is 5.43 Å². The molecule has 0 spiro atoms. The average molecular weight is 328 g/mol. The molecule has 1 amide bonds. The van der Waals surface area contributed by atoms with Gasteiger partial charge < -0.3 is 14.2 Å². The zero-order chi connectivity index (χ0) is 17.4. The third kappa shape index (κ3) is 4.33. The highest BCUT2D eigenvalue weighted by Gasteiger charge is 2.19. The molecular weight excluding hydrogens is 308 g/mol. The van der Waals surface area contributed by atoms with E-state index in [0.717, 1.165) is 5.56 Å². The summed E-state index contributed by atoms with van der Waals surface area (Å²) in [6, 6.07) is 14.5. The van der Waals surface area contributed by atoms with E-state index < -0.39 is 6.10 Å². The first-order valence-electron chi connectivity index (χ1n) is 7.32. The molecule has 0 unspecified atom stereocenters. The first-order valence-corrected chi connectivity index (χ1v) is 7.32. The van der Waals surface area contributed by atoms with E-state index in [9.17, 15) is 4.79 Å². The molecule has 0 bridgehead atoms. The van der Waals surface area contributed by atoms with Crippen molar-refractivity contribution in [3.8, 4) is 11.5 Å². The minimum atomic E-state index is -0.721. The van der Waals surface area contributed by atoms with Crippen LogP contribution in [-0.4, -0.2) is 33.5 Å². The topological polar surface area (TPSA) is 69.2 Å². The fraction of sp³-hybridized carbons (Fsp3) is 0.222. The van der Waals surface area contributed by atoms with Crippen LogP contribution in [0.4, 0.5) is 0 Å². The van der Waals surface area contributed by atoms with Crippen molar-refractivity contribution in [1.82, 2.24) is 5.43 Å².